The van der Waals surface area contributed by atoms with Crippen LogP contribution in [0.5, 0.6) is 5.75 Å². The zero-order chi connectivity index (χ0) is 30.1. The molecule has 42 heavy (non-hydrogen) atoms. The number of aromatic nitrogens is 3. The van der Waals surface area contributed by atoms with Crippen molar-refractivity contribution in [1.29, 1.82) is 0 Å². The zero-order valence-corrected chi connectivity index (χ0v) is 25.4. The van der Waals surface area contributed by atoms with Gasteiger partial charge in [0, 0.05) is 31.3 Å². The average Bonchev–Trinajstić information content (AvgIpc) is 3.00. The third-order valence-electron chi connectivity index (χ3n) is 6.99. The number of morpholine rings is 1. The van der Waals surface area contributed by atoms with E-state index in [9.17, 15) is 9.59 Å². The Morgan fingerprint density at radius 1 is 1.19 bits per heavy atom. The van der Waals surface area contributed by atoms with Crippen LogP contribution in [-0.2, 0) is 9.53 Å². The van der Waals surface area contributed by atoms with E-state index in [1.807, 2.05) is 37.3 Å². The number of anilines is 3. The van der Waals surface area contributed by atoms with Gasteiger partial charge < -0.3 is 30.7 Å². The molecule has 1 aliphatic heterocycles. The fraction of sp³-hybridized carbons (Fsp3) is 0.414. The van der Waals surface area contributed by atoms with Gasteiger partial charge in [-0.1, -0.05) is 13.8 Å². The lowest BCUT2D eigenvalue weighted by Crippen LogP contribution is -2.36. The summed E-state index contributed by atoms with van der Waals surface area (Å²) < 4.78 is 11.5. The van der Waals surface area contributed by atoms with Crippen LogP contribution in [0.4, 0.5) is 17.2 Å². The Morgan fingerprint density at radius 2 is 1.93 bits per heavy atom. The SMILES string of the molecule is BSC(C)(C)CCC(=O)NCC(C)Oc1ccc(-c2cnc(N)c(C(=O)Nc3cnccc3N3CCOCC3)n2)cc1. The topological polar surface area (TPSA) is 145 Å². The minimum Gasteiger partial charge on any atom is -0.489 e. The molecule has 0 aliphatic carbocycles. The van der Waals surface area contributed by atoms with Crippen molar-refractivity contribution in [3.8, 4) is 17.0 Å². The third-order valence-corrected chi connectivity index (χ3v) is 8.30. The molecule has 3 heterocycles. The molecule has 3 aromatic rings. The Hall–Kier alpha value is -3.84. The Bertz CT molecular complexity index is 1370. The summed E-state index contributed by atoms with van der Waals surface area (Å²) in [6, 6.07) is 9.17. The van der Waals surface area contributed by atoms with E-state index in [2.05, 4.69) is 51.5 Å². The maximum Gasteiger partial charge on any atom is 0.278 e. The van der Waals surface area contributed by atoms with Crippen LogP contribution in [0.15, 0.2) is 48.9 Å². The lowest BCUT2D eigenvalue weighted by molar-refractivity contribution is -0.121. The minimum atomic E-state index is -0.475. The fourth-order valence-electron chi connectivity index (χ4n) is 4.29. The van der Waals surface area contributed by atoms with Crippen molar-refractivity contribution in [2.24, 2.45) is 0 Å². The lowest BCUT2D eigenvalue weighted by Gasteiger charge is -2.30. The number of nitrogens with one attached hydrogen (secondary N) is 2. The minimum absolute atomic E-state index is 0.0190. The Balaban J connectivity index is 1.36. The van der Waals surface area contributed by atoms with Crippen molar-refractivity contribution in [3.63, 3.8) is 0 Å². The molecule has 0 spiro atoms. The van der Waals surface area contributed by atoms with Gasteiger partial charge in [-0.3, -0.25) is 14.6 Å². The van der Waals surface area contributed by atoms with Crippen molar-refractivity contribution in [2.45, 2.75) is 44.5 Å². The standard InChI is InChI=1S/C29H38BN7O4S/c1-19(16-33-25(38)8-10-29(2,3)42-30)41-21-6-4-20(5-7-21)22-18-34-27(31)26(35-22)28(39)36-23-17-32-11-9-24(23)37-12-14-40-15-13-37/h4-7,9,11,17-19H,8,10,12-16,30H2,1-3H3,(H2,31,34)(H,33,38)(H,36,39). The highest BCUT2D eigenvalue weighted by atomic mass is 32.2. The van der Waals surface area contributed by atoms with Gasteiger partial charge in [0.25, 0.3) is 5.91 Å². The van der Waals surface area contributed by atoms with Crippen LogP contribution >= 0.6 is 11.6 Å². The van der Waals surface area contributed by atoms with Crippen LogP contribution in [0.1, 0.15) is 44.1 Å². The quantitative estimate of drug-likeness (QED) is 0.269. The Kier molecular flexibility index (Phi) is 10.6. The molecule has 4 rings (SSSR count). The van der Waals surface area contributed by atoms with Gasteiger partial charge in [0.15, 0.2) is 18.6 Å². The summed E-state index contributed by atoms with van der Waals surface area (Å²) in [5.41, 5.74) is 8.73. The first-order valence-electron chi connectivity index (χ1n) is 13.9. The second-order valence-electron chi connectivity index (χ2n) is 10.7. The molecule has 222 valence electrons. The van der Waals surface area contributed by atoms with Gasteiger partial charge in [-0.25, -0.2) is 21.6 Å². The predicted octanol–water partition coefficient (Wildman–Crippen LogP) is 2.93. The molecule has 1 unspecified atom stereocenters. The lowest BCUT2D eigenvalue weighted by atomic mass is 10.1. The monoisotopic (exact) mass is 591 g/mol. The highest BCUT2D eigenvalue weighted by Crippen LogP contribution is 2.28. The van der Waals surface area contributed by atoms with E-state index in [0.717, 1.165) is 17.7 Å². The molecule has 13 heteroatoms. The summed E-state index contributed by atoms with van der Waals surface area (Å²) in [6.07, 6.45) is 5.90. The van der Waals surface area contributed by atoms with Gasteiger partial charge in [0.2, 0.25) is 5.91 Å². The fourth-order valence-corrected chi connectivity index (χ4v) is 4.60. The van der Waals surface area contributed by atoms with E-state index in [-0.39, 0.29) is 28.3 Å². The Labute approximate surface area is 251 Å². The van der Waals surface area contributed by atoms with Gasteiger partial charge in [-0.05, 0) is 48.4 Å². The smallest absolute Gasteiger partial charge is 0.278 e. The molecule has 2 aromatic heterocycles. The second-order valence-corrected chi connectivity index (χ2v) is 12.2. The molecule has 1 fully saturated rings. The first kappa shape index (κ1) is 31.1. The number of rotatable bonds is 12. The van der Waals surface area contributed by atoms with Crippen molar-refractivity contribution in [3.05, 3.63) is 54.6 Å². The maximum absolute atomic E-state index is 13.2. The number of nitrogens with two attached hydrogens (primary N) is 1. The van der Waals surface area contributed by atoms with Crippen LogP contribution in [0, 0.1) is 0 Å². The van der Waals surface area contributed by atoms with E-state index in [1.165, 1.54) is 6.20 Å². The Morgan fingerprint density at radius 3 is 2.64 bits per heavy atom. The molecule has 0 saturated carbocycles. The van der Waals surface area contributed by atoms with Crippen LogP contribution < -0.4 is 26.0 Å². The summed E-state index contributed by atoms with van der Waals surface area (Å²) in [5, 5.41) is 5.84. The maximum atomic E-state index is 13.2. The van der Waals surface area contributed by atoms with E-state index in [4.69, 9.17) is 15.2 Å². The number of nitrogens with zero attached hydrogens (tertiary/aromatic N) is 4. The summed E-state index contributed by atoms with van der Waals surface area (Å²) >= 11 is 1.76. The summed E-state index contributed by atoms with van der Waals surface area (Å²) in [7, 11) is 2.06. The molecule has 4 N–H and O–H groups in total. The van der Waals surface area contributed by atoms with Gasteiger partial charge in [-0.15, -0.1) is 0 Å². The predicted molar refractivity (Wildman–Crippen MR) is 170 cm³/mol. The van der Waals surface area contributed by atoms with Crippen molar-refractivity contribution in [1.82, 2.24) is 20.3 Å². The molecular formula is C29H38BN7O4S. The number of hydrogen-bond acceptors (Lipinski definition) is 10. The summed E-state index contributed by atoms with van der Waals surface area (Å²) in [6.45, 7) is 9.25. The van der Waals surface area contributed by atoms with Gasteiger partial charge in [-0.2, -0.15) is 0 Å². The zero-order valence-electron chi connectivity index (χ0n) is 24.6. The summed E-state index contributed by atoms with van der Waals surface area (Å²) in [4.78, 5) is 40.5. The van der Waals surface area contributed by atoms with Crippen molar-refractivity contribution < 1.29 is 19.1 Å². The number of amides is 2. The van der Waals surface area contributed by atoms with Crippen LogP contribution in [0.2, 0.25) is 0 Å². The molecule has 1 atom stereocenters. The van der Waals surface area contributed by atoms with Crippen LogP contribution in [0.3, 0.4) is 0 Å². The van der Waals surface area contributed by atoms with Gasteiger partial charge >= 0.3 is 0 Å². The second kappa shape index (κ2) is 14.4. The first-order chi connectivity index (χ1) is 20.1. The number of hydrogen-bond donors (Lipinski definition) is 3. The molecule has 0 bridgehead atoms. The number of carbonyl (C=O) groups is 2. The van der Waals surface area contributed by atoms with E-state index in [0.29, 0.717) is 56.4 Å². The van der Waals surface area contributed by atoms with Gasteiger partial charge in [0.05, 0.1) is 49.2 Å². The molecule has 2 amide bonds. The number of ether oxygens (including phenoxy) is 2. The first-order valence-corrected chi connectivity index (χ1v) is 15.2. The number of pyridine rings is 1. The van der Waals surface area contributed by atoms with Crippen molar-refractivity contribution in [2.75, 3.05) is 48.8 Å². The molecule has 11 nitrogen and oxygen atoms in total. The third kappa shape index (κ3) is 8.59. The molecule has 1 aliphatic rings. The number of carbonyl (C=O) groups excluding carboxylic acids is 2. The van der Waals surface area contributed by atoms with E-state index in [1.54, 1.807) is 24.0 Å². The molecule has 0 radical (unpaired) electrons. The largest absolute Gasteiger partial charge is 0.489 e. The van der Waals surface area contributed by atoms with Crippen LogP contribution in [0.25, 0.3) is 11.3 Å². The number of benzene rings is 1. The molecule has 1 aromatic carbocycles. The molecular weight excluding hydrogens is 553 g/mol. The van der Waals surface area contributed by atoms with E-state index < -0.39 is 5.91 Å². The van der Waals surface area contributed by atoms with Crippen LogP contribution in [-0.4, -0.2) is 77.6 Å². The highest BCUT2D eigenvalue weighted by Gasteiger charge is 2.20. The van der Waals surface area contributed by atoms with Crippen molar-refractivity contribution >= 4 is 47.7 Å². The highest BCUT2D eigenvalue weighted by molar-refractivity contribution is 8.20. The molecule has 1 saturated heterocycles. The normalized spacial score (nSPS) is 14.2. The number of nitrogen functional groups attached to an aromatic ring is 1. The summed E-state index contributed by atoms with van der Waals surface area (Å²) in [5.74, 6) is 0.223. The average molecular weight is 592 g/mol. The van der Waals surface area contributed by atoms with E-state index >= 15 is 0 Å². The van der Waals surface area contributed by atoms with Gasteiger partial charge in [0.1, 0.15) is 11.9 Å².